The van der Waals surface area contributed by atoms with Crippen molar-refractivity contribution in [2.24, 2.45) is 0 Å². The Morgan fingerprint density at radius 2 is 2.07 bits per heavy atom. The molecule has 2 N–H and O–H groups in total. The van der Waals surface area contributed by atoms with Gasteiger partial charge in [0.25, 0.3) is 0 Å². The number of carbonyl (C=O) groups excluding carboxylic acids is 2. The Kier molecular flexibility index (Phi) is 6.92. The van der Waals surface area contributed by atoms with Crippen molar-refractivity contribution in [2.45, 2.75) is 25.6 Å². The summed E-state index contributed by atoms with van der Waals surface area (Å²) in [6.45, 7) is 5.16. The van der Waals surface area contributed by atoms with Gasteiger partial charge in [-0.1, -0.05) is 12.1 Å². The number of morpholine rings is 1. The third kappa shape index (κ3) is 5.35. The standard InChI is InChI=1S/C19H24N4O3S/c1-14(17(16-5-3-11-27-16)23-7-9-26-10-8-23)22-19(25)18(24)21-13-15-4-2-6-20-12-15/h2-6,11-12,14,17H,7-10,13H2,1H3,(H,21,24)(H,22,25)/t14-,17+/m1/s1. The molecule has 0 saturated carbocycles. The van der Waals surface area contributed by atoms with Crippen molar-refractivity contribution >= 4 is 23.2 Å². The van der Waals surface area contributed by atoms with E-state index in [1.165, 1.54) is 4.88 Å². The smallest absolute Gasteiger partial charge is 0.309 e. The van der Waals surface area contributed by atoms with Crippen LogP contribution in [0.4, 0.5) is 0 Å². The normalized spacial score (nSPS) is 17.1. The fraction of sp³-hybridized carbons (Fsp3) is 0.421. The van der Waals surface area contributed by atoms with Gasteiger partial charge < -0.3 is 15.4 Å². The minimum absolute atomic E-state index is 0.0176. The number of carbonyl (C=O) groups is 2. The molecule has 0 aliphatic carbocycles. The van der Waals surface area contributed by atoms with Gasteiger partial charge in [-0.2, -0.15) is 0 Å². The first-order valence-electron chi connectivity index (χ1n) is 8.98. The quantitative estimate of drug-likeness (QED) is 0.730. The number of nitrogens with one attached hydrogen (secondary N) is 2. The molecule has 2 atom stereocenters. The highest BCUT2D eigenvalue weighted by Gasteiger charge is 2.30. The van der Waals surface area contributed by atoms with Crippen molar-refractivity contribution in [3.05, 3.63) is 52.5 Å². The van der Waals surface area contributed by atoms with E-state index in [0.29, 0.717) is 13.2 Å². The predicted molar refractivity (Wildman–Crippen MR) is 103 cm³/mol. The number of rotatable bonds is 6. The summed E-state index contributed by atoms with van der Waals surface area (Å²) in [7, 11) is 0. The van der Waals surface area contributed by atoms with Crippen LogP contribution < -0.4 is 10.6 Å². The SMILES string of the molecule is C[C@@H](NC(=O)C(=O)NCc1cccnc1)[C@@H](c1cccs1)N1CCOCC1. The van der Waals surface area contributed by atoms with Crippen molar-refractivity contribution in [1.29, 1.82) is 0 Å². The molecule has 1 saturated heterocycles. The summed E-state index contributed by atoms with van der Waals surface area (Å²) in [5.74, 6) is -1.26. The largest absolute Gasteiger partial charge is 0.379 e. The van der Waals surface area contributed by atoms with Crippen LogP contribution >= 0.6 is 11.3 Å². The van der Waals surface area contributed by atoms with Gasteiger partial charge in [-0.25, -0.2) is 0 Å². The average molecular weight is 388 g/mol. The van der Waals surface area contributed by atoms with Crippen LogP contribution in [0.2, 0.25) is 0 Å². The van der Waals surface area contributed by atoms with Crippen molar-refractivity contribution < 1.29 is 14.3 Å². The van der Waals surface area contributed by atoms with E-state index < -0.39 is 11.8 Å². The van der Waals surface area contributed by atoms with Crippen LogP contribution in [0.25, 0.3) is 0 Å². The molecular weight excluding hydrogens is 364 g/mol. The molecule has 3 heterocycles. The molecule has 2 aromatic heterocycles. The maximum Gasteiger partial charge on any atom is 0.309 e. The Bertz CT molecular complexity index is 733. The molecule has 2 amide bonds. The van der Waals surface area contributed by atoms with E-state index in [9.17, 15) is 9.59 Å². The van der Waals surface area contributed by atoms with Crippen LogP contribution in [0.1, 0.15) is 23.4 Å². The van der Waals surface area contributed by atoms with Crippen LogP contribution in [0.3, 0.4) is 0 Å². The second kappa shape index (κ2) is 9.59. The number of nitrogens with zero attached hydrogens (tertiary/aromatic N) is 2. The number of hydrogen-bond acceptors (Lipinski definition) is 6. The number of aromatic nitrogens is 1. The Labute approximate surface area is 162 Å². The monoisotopic (exact) mass is 388 g/mol. The Hall–Kier alpha value is -2.29. The summed E-state index contributed by atoms with van der Waals surface area (Å²) in [5.41, 5.74) is 0.844. The predicted octanol–water partition coefficient (Wildman–Crippen LogP) is 1.34. The molecule has 1 fully saturated rings. The summed E-state index contributed by atoms with van der Waals surface area (Å²) in [6.07, 6.45) is 3.32. The van der Waals surface area contributed by atoms with Crippen LogP contribution in [-0.4, -0.2) is 54.0 Å². The fourth-order valence-corrected chi connectivity index (χ4v) is 4.14. The summed E-state index contributed by atoms with van der Waals surface area (Å²) < 4.78 is 5.45. The highest BCUT2D eigenvalue weighted by atomic mass is 32.1. The summed E-state index contributed by atoms with van der Waals surface area (Å²) in [4.78, 5) is 32.0. The van der Waals surface area contributed by atoms with Gasteiger partial charge in [0.15, 0.2) is 0 Å². The van der Waals surface area contributed by atoms with Gasteiger partial charge in [0, 0.05) is 42.9 Å². The van der Waals surface area contributed by atoms with E-state index in [4.69, 9.17) is 4.74 Å². The zero-order chi connectivity index (χ0) is 19.1. The summed E-state index contributed by atoms with van der Waals surface area (Å²) in [6, 6.07) is 7.51. The van der Waals surface area contributed by atoms with Gasteiger partial charge in [0.05, 0.1) is 19.3 Å². The first kappa shape index (κ1) is 19.5. The molecule has 2 aromatic rings. The second-order valence-electron chi connectivity index (χ2n) is 6.41. The fourth-order valence-electron chi connectivity index (χ4n) is 3.17. The van der Waals surface area contributed by atoms with Crippen molar-refractivity contribution in [3.63, 3.8) is 0 Å². The van der Waals surface area contributed by atoms with Gasteiger partial charge >= 0.3 is 11.8 Å². The third-order valence-corrected chi connectivity index (χ3v) is 5.43. The lowest BCUT2D eigenvalue weighted by Crippen LogP contribution is -2.51. The summed E-state index contributed by atoms with van der Waals surface area (Å²) in [5, 5.41) is 7.52. The molecule has 7 nitrogen and oxygen atoms in total. The lowest BCUT2D eigenvalue weighted by molar-refractivity contribution is -0.140. The molecular formula is C19H24N4O3S. The van der Waals surface area contributed by atoms with E-state index in [0.717, 1.165) is 18.7 Å². The molecule has 144 valence electrons. The number of pyridine rings is 1. The van der Waals surface area contributed by atoms with Gasteiger partial charge in [-0.15, -0.1) is 11.3 Å². The minimum Gasteiger partial charge on any atom is -0.379 e. The third-order valence-electron chi connectivity index (χ3n) is 4.49. The maximum atomic E-state index is 12.4. The molecule has 0 aromatic carbocycles. The average Bonchev–Trinajstić information content (AvgIpc) is 3.22. The van der Waals surface area contributed by atoms with E-state index in [2.05, 4.69) is 26.6 Å². The Balaban J connectivity index is 1.59. The first-order valence-corrected chi connectivity index (χ1v) is 9.86. The minimum atomic E-state index is -0.641. The van der Waals surface area contributed by atoms with Gasteiger partial charge in [0.2, 0.25) is 0 Å². The van der Waals surface area contributed by atoms with Crippen LogP contribution in [0, 0.1) is 0 Å². The first-order chi connectivity index (χ1) is 13.1. The van der Waals surface area contributed by atoms with Crippen LogP contribution in [-0.2, 0) is 20.9 Å². The van der Waals surface area contributed by atoms with Crippen molar-refractivity contribution in [3.8, 4) is 0 Å². The van der Waals surface area contributed by atoms with Gasteiger partial charge in [-0.05, 0) is 30.0 Å². The van der Waals surface area contributed by atoms with E-state index in [1.807, 2.05) is 24.4 Å². The van der Waals surface area contributed by atoms with Crippen LogP contribution in [0.15, 0.2) is 42.0 Å². The van der Waals surface area contributed by atoms with E-state index in [1.54, 1.807) is 29.8 Å². The number of thiophene rings is 1. The van der Waals surface area contributed by atoms with Crippen molar-refractivity contribution in [2.75, 3.05) is 26.3 Å². The Morgan fingerprint density at radius 1 is 1.26 bits per heavy atom. The second-order valence-corrected chi connectivity index (χ2v) is 7.39. The van der Waals surface area contributed by atoms with E-state index >= 15 is 0 Å². The number of ether oxygens (including phenoxy) is 1. The van der Waals surface area contributed by atoms with E-state index in [-0.39, 0.29) is 18.6 Å². The summed E-state index contributed by atoms with van der Waals surface area (Å²) >= 11 is 1.65. The molecule has 8 heteroatoms. The molecule has 0 unspecified atom stereocenters. The highest BCUT2D eigenvalue weighted by molar-refractivity contribution is 7.10. The maximum absolute atomic E-state index is 12.4. The zero-order valence-electron chi connectivity index (χ0n) is 15.3. The lowest BCUT2D eigenvalue weighted by atomic mass is 10.1. The molecule has 0 bridgehead atoms. The Morgan fingerprint density at radius 3 is 2.74 bits per heavy atom. The molecule has 1 aliphatic heterocycles. The van der Waals surface area contributed by atoms with Crippen LogP contribution in [0.5, 0.6) is 0 Å². The van der Waals surface area contributed by atoms with Crippen molar-refractivity contribution in [1.82, 2.24) is 20.5 Å². The topological polar surface area (TPSA) is 83.6 Å². The molecule has 0 radical (unpaired) electrons. The highest BCUT2D eigenvalue weighted by Crippen LogP contribution is 2.29. The molecule has 0 spiro atoms. The van der Waals surface area contributed by atoms with Gasteiger partial charge in [0.1, 0.15) is 0 Å². The molecule has 1 aliphatic rings. The lowest BCUT2D eigenvalue weighted by Gasteiger charge is -2.37. The number of amides is 2. The molecule has 3 rings (SSSR count). The molecule has 27 heavy (non-hydrogen) atoms. The van der Waals surface area contributed by atoms with Gasteiger partial charge in [-0.3, -0.25) is 19.5 Å². The number of hydrogen-bond donors (Lipinski definition) is 2. The zero-order valence-corrected chi connectivity index (χ0v) is 16.1.